The molecular formula is C15H29NO2Si. The summed E-state index contributed by atoms with van der Waals surface area (Å²) in [6, 6.07) is 0.171. The Morgan fingerprint density at radius 1 is 1.37 bits per heavy atom. The maximum Gasteiger partial charge on any atom is 0.228 e. The number of β-lactam (4-membered cyclic amide) rings is 1. The molecule has 1 rings (SSSR count). The minimum Gasteiger partial charge on any atom is -0.413 e. The standard InChI is InChI=1S/C15H29NO2Si/c1-9-10(2)13-12(14(17)16-13)11(3)18-19(7,8)15(4,5)6/h9-13H,1H2,2-8H3,(H,16,17)/t10?,11-,12-,13-/m1/s1. The molecule has 0 radical (unpaired) electrons. The first-order chi connectivity index (χ1) is 8.51. The van der Waals surface area contributed by atoms with Crippen LogP contribution in [0.15, 0.2) is 12.7 Å². The van der Waals surface area contributed by atoms with Crippen molar-refractivity contribution in [3.63, 3.8) is 0 Å². The third-order valence-corrected chi connectivity index (χ3v) is 9.30. The second-order valence-corrected chi connectivity index (χ2v) is 12.0. The van der Waals surface area contributed by atoms with Gasteiger partial charge in [0.15, 0.2) is 8.32 Å². The van der Waals surface area contributed by atoms with Crippen molar-refractivity contribution in [2.75, 3.05) is 0 Å². The fourth-order valence-corrected chi connectivity index (χ4v) is 3.67. The summed E-state index contributed by atoms with van der Waals surface area (Å²) in [5.41, 5.74) is 0. The molecule has 110 valence electrons. The van der Waals surface area contributed by atoms with Crippen molar-refractivity contribution in [2.24, 2.45) is 11.8 Å². The molecule has 3 nitrogen and oxygen atoms in total. The van der Waals surface area contributed by atoms with Crippen molar-refractivity contribution in [3.8, 4) is 0 Å². The number of nitrogens with one attached hydrogen (secondary N) is 1. The average Bonchev–Trinajstić information content (AvgIpc) is 2.22. The molecule has 1 saturated heterocycles. The summed E-state index contributed by atoms with van der Waals surface area (Å²) in [5.74, 6) is 0.361. The highest BCUT2D eigenvalue weighted by atomic mass is 28.4. The molecule has 0 aliphatic carbocycles. The molecule has 0 aromatic carbocycles. The number of hydrogen-bond donors (Lipinski definition) is 1. The number of carbonyl (C=O) groups excluding carboxylic acids is 1. The minimum absolute atomic E-state index is 0.0259. The van der Waals surface area contributed by atoms with E-state index in [9.17, 15) is 4.79 Å². The van der Waals surface area contributed by atoms with Crippen LogP contribution in [-0.4, -0.2) is 26.4 Å². The van der Waals surface area contributed by atoms with Gasteiger partial charge in [-0.25, -0.2) is 0 Å². The molecule has 1 aliphatic rings. The molecule has 4 heteroatoms. The number of carbonyl (C=O) groups is 1. The van der Waals surface area contributed by atoms with Crippen molar-refractivity contribution in [2.45, 2.75) is 64.9 Å². The topological polar surface area (TPSA) is 38.3 Å². The third-order valence-electron chi connectivity index (χ3n) is 4.73. The van der Waals surface area contributed by atoms with Gasteiger partial charge in [0.1, 0.15) is 0 Å². The van der Waals surface area contributed by atoms with Crippen LogP contribution in [-0.2, 0) is 9.22 Å². The van der Waals surface area contributed by atoms with Gasteiger partial charge in [0.25, 0.3) is 0 Å². The molecule has 0 spiro atoms. The Labute approximate surface area is 118 Å². The normalized spacial score (nSPS) is 27.2. The van der Waals surface area contributed by atoms with Crippen LogP contribution in [0.2, 0.25) is 18.1 Å². The quantitative estimate of drug-likeness (QED) is 0.477. The van der Waals surface area contributed by atoms with E-state index in [1.54, 1.807) is 0 Å². The van der Waals surface area contributed by atoms with Gasteiger partial charge in [0, 0.05) is 6.04 Å². The fourth-order valence-electron chi connectivity index (χ4n) is 2.24. The van der Waals surface area contributed by atoms with Gasteiger partial charge in [-0.1, -0.05) is 33.8 Å². The van der Waals surface area contributed by atoms with Crippen LogP contribution in [0.1, 0.15) is 34.6 Å². The zero-order chi connectivity index (χ0) is 15.0. The lowest BCUT2D eigenvalue weighted by atomic mass is 9.79. The van der Waals surface area contributed by atoms with Gasteiger partial charge in [0.2, 0.25) is 5.91 Å². The second kappa shape index (κ2) is 5.41. The maximum absolute atomic E-state index is 11.8. The molecule has 1 amide bonds. The Hall–Kier alpha value is -0.613. The van der Waals surface area contributed by atoms with Gasteiger partial charge < -0.3 is 9.74 Å². The average molecular weight is 283 g/mol. The molecule has 1 N–H and O–H groups in total. The van der Waals surface area contributed by atoms with Crippen molar-refractivity contribution >= 4 is 14.2 Å². The number of hydrogen-bond acceptors (Lipinski definition) is 2. The van der Waals surface area contributed by atoms with Crippen LogP contribution in [0.4, 0.5) is 0 Å². The van der Waals surface area contributed by atoms with Gasteiger partial charge in [-0.3, -0.25) is 4.79 Å². The van der Waals surface area contributed by atoms with Gasteiger partial charge >= 0.3 is 0 Å². The van der Waals surface area contributed by atoms with Crippen molar-refractivity contribution in [1.82, 2.24) is 5.32 Å². The van der Waals surface area contributed by atoms with E-state index >= 15 is 0 Å². The summed E-state index contributed by atoms with van der Waals surface area (Å²) in [6.45, 7) is 19.0. The molecule has 1 fully saturated rings. The zero-order valence-corrected chi connectivity index (χ0v) is 14.4. The van der Waals surface area contributed by atoms with E-state index in [2.05, 4.69) is 52.7 Å². The molecule has 0 saturated carbocycles. The summed E-state index contributed by atoms with van der Waals surface area (Å²) in [7, 11) is -1.82. The summed E-state index contributed by atoms with van der Waals surface area (Å²) >= 11 is 0. The summed E-state index contributed by atoms with van der Waals surface area (Å²) in [5, 5.41) is 3.14. The molecule has 0 bridgehead atoms. The Morgan fingerprint density at radius 3 is 2.26 bits per heavy atom. The lowest BCUT2D eigenvalue weighted by Crippen LogP contribution is -2.65. The van der Waals surface area contributed by atoms with Crippen LogP contribution >= 0.6 is 0 Å². The van der Waals surface area contributed by atoms with Crippen LogP contribution in [0.3, 0.4) is 0 Å². The van der Waals surface area contributed by atoms with Crippen LogP contribution in [0.25, 0.3) is 0 Å². The van der Waals surface area contributed by atoms with Gasteiger partial charge in [0.05, 0.1) is 12.0 Å². The molecule has 0 aromatic rings. The molecule has 1 heterocycles. The number of rotatable bonds is 5. The molecule has 1 aliphatic heterocycles. The summed E-state index contributed by atoms with van der Waals surface area (Å²) in [6.07, 6.45) is 1.87. The first-order valence-electron chi connectivity index (χ1n) is 7.12. The Balaban J connectivity index is 2.75. The largest absolute Gasteiger partial charge is 0.413 e. The summed E-state index contributed by atoms with van der Waals surface area (Å²) < 4.78 is 6.35. The van der Waals surface area contributed by atoms with Gasteiger partial charge in [-0.15, -0.1) is 6.58 Å². The maximum atomic E-state index is 11.8. The predicted octanol–water partition coefficient (Wildman–Crippen LogP) is 3.33. The smallest absolute Gasteiger partial charge is 0.228 e. The highest BCUT2D eigenvalue weighted by molar-refractivity contribution is 6.74. The lowest BCUT2D eigenvalue weighted by molar-refractivity contribution is -0.141. The van der Waals surface area contributed by atoms with Gasteiger partial charge in [-0.05, 0) is 31.0 Å². The van der Waals surface area contributed by atoms with Crippen molar-refractivity contribution in [3.05, 3.63) is 12.7 Å². The predicted molar refractivity (Wildman–Crippen MR) is 82.5 cm³/mol. The highest BCUT2D eigenvalue weighted by Crippen LogP contribution is 2.39. The van der Waals surface area contributed by atoms with Crippen molar-refractivity contribution in [1.29, 1.82) is 0 Å². The van der Waals surface area contributed by atoms with E-state index in [-0.39, 0.29) is 34.9 Å². The Morgan fingerprint density at radius 2 is 1.89 bits per heavy atom. The van der Waals surface area contributed by atoms with E-state index in [4.69, 9.17) is 4.43 Å². The van der Waals surface area contributed by atoms with Crippen LogP contribution in [0.5, 0.6) is 0 Å². The Bertz CT molecular complexity index is 360. The first kappa shape index (κ1) is 16.4. The third kappa shape index (κ3) is 3.29. The zero-order valence-electron chi connectivity index (χ0n) is 13.4. The fraction of sp³-hybridized carbons (Fsp3) is 0.800. The van der Waals surface area contributed by atoms with E-state index in [1.807, 2.05) is 13.0 Å². The molecule has 4 atom stereocenters. The lowest BCUT2D eigenvalue weighted by Gasteiger charge is -2.46. The molecule has 1 unspecified atom stereocenters. The first-order valence-corrected chi connectivity index (χ1v) is 10.0. The SMILES string of the molecule is C=CC(C)[C@H]1NC(=O)[C@@H]1[C@@H](C)O[Si](C)(C)C(C)(C)C. The highest BCUT2D eigenvalue weighted by Gasteiger charge is 2.48. The van der Waals surface area contributed by atoms with Gasteiger partial charge in [-0.2, -0.15) is 0 Å². The Kier molecular flexibility index (Phi) is 4.68. The second-order valence-electron chi connectivity index (χ2n) is 7.24. The monoisotopic (exact) mass is 283 g/mol. The molecule has 0 aromatic heterocycles. The van der Waals surface area contributed by atoms with E-state index in [0.717, 1.165) is 0 Å². The minimum atomic E-state index is -1.82. The number of amides is 1. The van der Waals surface area contributed by atoms with Crippen LogP contribution < -0.4 is 5.32 Å². The van der Waals surface area contributed by atoms with Crippen LogP contribution in [0, 0.1) is 11.8 Å². The van der Waals surface area contributed by atoms with E-state index < -0.39 is 8.32 Å². The van der Waals surface area contributed by atoms with E-state index in [1.165, 1.54) is 0 Å². The molecule has 19 heavy (non-hydrogen) atoms. The molecular weight excluding hydrogens is 254 g/mol. The van der Waals surface area contributed by atoms with E-state index in [0.29, 0.717) is 0 Å². The summed E-state index contributed by atoms with van der Waals surface area (Å²) in [4.78, 5) is 11.8. The van der Waals surface area contributed by atoms with Crippen molar-refractivity contribution < 1.29 is 9.22 Å².